The summed E-state index contributed by atoms with van der Waals surface area (Å²) < 4.78 is 31.0. The highest BCUT2D eigenvalue weighted by Crippen LogP contribution is 2.27. The Balaban J connectivity index is 1.65. The third-order valence-electron chi connectivity index (χ3n) is 5.02. The molecule has 0 radical (unpaired) electrons. The number of benzene rings is 2. The number of carbonyl (C=O) groups is 1. The smallest absolute Gasteiger partial charge is 0.387 e. The van der Waals surface area contributed by atoms with Crippen LogP contribution in [-0.4, -0.2) is 45.6 Å². The number of aliphatic hydroxyl groups excluding tert-OH is 1. The summed E-state index contributed by atoms with van der Waals surface area (Å²) in [5.74, 6) is 0.336. The molecule has 33 heavy (non-hydrogen) atoms. The first-order chi connectivity index (χ1) is 16.0. The number of ether oxygens (including phenoxy) is 1. The van der Waals surface area contributed by atoms with E-state index in [9.17, 15) is 18.7 Å². The summed E-state index contributed by atoms with van der Waals surface area (Å²) in [4.78, 5) is 20.9. The van der Waals surface area contributed by atoms with Crippen LogP contribution in [0.15, 0.2) is 61.1 Å². The van der Waals surface area contributed by atoms with Gasteiger partial charge in [-0.15, -0.1) is 0 Å². The van der Waals surface area contributed by atoms with Gasteiger partial charge in [0.15, 0.2) is 11.5 Å². The fourth-order valence-corrected chi connectivity index (χ4v) is 3.52. The summed E-state index contributed by atoms with van der Waals surface area (Å²) in [6, 6.07) is 11.5. The molecule has 3 N–H and O–H groups in total. The molecule has 0 saturated carbocycles. The first-order valence-corrected chi connectivity index (χ1v) is 10.1. The van der Waals surface area contributed by atoms with Crippen molar-refractivity contribution in [2.45, 2.75) is 13.0 Å². The zero-order chi connectivity index (χ0) is 23.4. The maximum atomic E-state index is 12.4. The molecule has 4 aromatic rings. The molecule has 0 bridgehead atoms. The van der Waals surface area contributed by atoms with Crippen molar-refractivity contribution in [3.63, 3.8) is 0 Å². The highest BCUT2D eigenvalue weighted by atomic mass is 19.3. The largest absolute Gasteiger partial charge is 0.435 e. The number of anilines is 2. The number of amides is 1. The van der Waals surface area contributed by atoms with Gasteiger partial charge in [0.1, 0.15) is 5.75 Å². The lowest BCUT2D eigenvalue weighted by atomic mass is 10.0. The minimum atomic E-state index is -2.88. The monoisotopic (exact) mass is 453 g/mol. The third kappa shape index (κ3) is 4.75. The summed E-state index contributed by atoms with van der Waals surface area (Å²) in [6.45, 7) is -2.97. The fraction of sp³-hybridized carbons (Fsp3) is 0.174. The lowest BCUT2D eigenvalue weighted by molar-refractivity contribution is -0.0498. The van der Waals surface area contributed by atoms with Gasteiger partial charge in [-0.25, -0.2) is 9.97 Å². The molecule has 0 atom stereocenters. The molecule has 0 spiro atoms. The van der Waals surface area contributed by atoms with Gasteiger partial charge >= 0.3 is 6.61 Å². The van der Waals surface area contributed by atoms with Gasteiger partial charge in [0.25, 0.3) is 5.91 Å². The molecular formula is C23H21F2N5O3. The van der Waals surface area contributed by atoms with E-state index >= 15 is 0 Å². The van der Waals surface area contributed by atoms with Gasteiger partial charge < -0.3 is 20.5 Å². The van der Waals surface area contributed by atoms with Gasteiger partial charge in [0.05, 0.1) is 11.9 Å². The van der Waals surface area contributed by atoms with Crippen LogP contribution < -0.4 is 15.4 Å². The van der Waals surface area contributed by atoms with Crippen LogP contribution in [0.3, 0.4) is 0 Å². The number of halogens is 2. The Morgan fingerprint density at radius 3 is 2.67 bits per heavy atom. The summed E-state index contributed by atoms with van der Waals surface area (Å²) in [5.41, 5.74) is 3.94. The SMILES string of the molecule is CNC(=O)c1ccc(Nc2nccn3c(-c4ccc(OC(F)F)cc4)cnc23)cc1CCO. The number of nitrogens with zero attached hydrogens (tertiary/aromatic N) is 3. The fourth-order valence-electron chi connectivity index (χ4n) is 3.52. The van der Waals surface area contributed by atoms with Crippen LogP contribution in [0.1, 0.15) is 15.9 Å². The van der Waals surface area contributed by atoms with Gasteiger partial charge in [-0.05, 0) is 54.4 Å². The molecule has 170 valence electrons. The molecule has 0 fully saturated rings. The topological polar surface area (TPSA) is 101 Å². The van der Waals surface area contributed by atoms with Crippen LogP contribution in [0.4, 0.5) is 20.3 Å². The Kier molecular flexibility index (Phi) is 6.45. The van der Waals surface area contributed by atoms with Gasteiger partial charge in [-0.2, -0.15) is 8.78 Å². The number of hydrogen-bond donors (Lipinski definition) is 3. The number of aromatic nitrogens is 3. The van der Waals surface area contributed by atoms with E-state index in [1.807, 2.05) is 4.40 Å². The highest BCUT2D eigenvalue weighted by Gasteiger charge is 2.14. The first-order valence-electron chi connectivity index (χ1n) is 10.1. The zero-order valence-corrected chi connectivity index (χ0v) is 17.6. The molecular weight excluding hydrogens is 432 g/mol. The van der Waals surface area contributed by atoms with Crippen LogP contribution in [0.25, 0.3) is 16.9 Å². The van der Waals surface area contributed by atoms with Gasteiger partial charge in [0.2, 0.25) is 0 Å². The van der Waals surface area contributed by atoms with E-state index in [4.69, 9.17) is 0 Å². The average molecular weight is 453 g/mol. The molecule has 2 aromatic carbocycles. The van der Waals surface area contributed by atoms with Crippen LogP contribution in [0.2, 0.25) is 0 Å². The number of carbonyl (C=O) groups excluding carboxylic acids is 1. The van der Waals surface area contributed by atoms with Crippen LogP contribution in [-0.2, 0) is 6.42 Å². The number of aliphatic hydroxyl groups is 1. The minimum absolute atomic E-state index is 0.0745. The molecule has 0 saturated heterocycles. The van der Waals surface area contributed by atoms with Crippen molar-refractivity contribution in [3.05, 3.63) is 72.2 Å². The molecule has 2 heterocycles. The van der Waals surface area contributed by atoms with Crippen molar-refractivity contribution >= 4 is 23.1 Å². The van der Waals surface area contributed by atoms with Crippen molar-refractivity contribution in [1.82, 2.24) is 19.7 Å². The Morgan fingerprint density at radius 2 is 1.97 bits per heavy atom. The molecule has 10 heteroatoms. The Morgan fingerprint density at radius 1 is 1.18 bits per heavy atom. The van der Waals surface area contributed by atoms with E-state index in [0.717, 1.165) is 11.3 Å². The molecule has 4 rings (SSSR count). The van der Waals surface area contributed by atoms with Crippen molar-refractivity contribution in [1.29, 1.82) is 0 Å². The van der Waals surface area contributed by atoms with Crippen molar-refractivity contribution in [2.75, 3.05) is 19.0 Å². The maximum absolute atomic E-state index is 12.4. The summed E-state index contributed by atoms with van der Waals surface area (Å²) in [6.07, 6.45) is 5.35. The summed E-state index contributed by atoms with van der Waals surface area (Å²) >= 11 is 0. The number of fused-ring (bicyclic) bond motifs is 1. The van der Waals surface area contributed by atoms with Gasteiger partial charge in [0, 0.05) is 42.9 Å². The Labute approximate surface area is 187 Å². The molecule has 2 aromatic heterocycles. The highest BCUT2D eigenvalue weighted by molar-refractivity contribution is 5.96. The lowest BCUT2D eigenvalue weighted by Crippen LogP contribution is -2.20. The second kappa shape index (κ2) is 9.61. The molecule has 0 aliphatic rings. The van der Waals surface area contributed by atoms with E-state index in [0.29, 0.717) is 34.7 Å². The van der Waals surface area contributed by atoms with Crippen LogP contribution in [0.5, 0.6) is 5.75 Å². The van der Waals surface area contributed by atoms with Crippen LogP contribution >= 0.6 is 0 Å². The first kappa shape index (κ1) is 22.2. The Bertz CT molecular complexity index is 1280. The Hall–Kier alpha value is -4.05. The summed E-state index contributed by atoms with van der Waals surface area (Å²) in [7, 11) is 1.55. The predicted octanol–water partition coefficient (Wildman–Crippen LogP) is 3.64. The molecule has 0 aliphatic carbocycles. The standard InChI is InChI=1S/C23H21F2N5O3/c1-26-22(32)18-7-4-16(12-15(18)8-11-31)29-20-21-28-13-19(30(21)10-9-27-20)14-2-5-17(6-3-14)33-23(24)25/h2-7,9-10,12-13,23,31H,8,11H2,1H3,(H,26,32)(H,27,29). The van der Waals surface area contributed by atoms with Gasteiger partial charge in [-0.1, -0.05) is 0 Å². The van der Waals surface area contributed by atoms with E-state index in [2.05, 4.69) is 25.3 Å². The van der Waals surface area contributed by atoms with Crippen LogP contribution in [0, 0.1) is 0 Å². The van der Waals surface area contributed by atoms with E-state index < -0.39 is 6.61 Å². The second-order valence-corrected chi connectivity index (χ2v) is 7.07. The van der Waals surface area contributed by atoms with Gasteiger partial charge in [-0.3, -0.25) is 9.20 Å². The number of alkyl halides is 2. The van der Waals surface area contributed by atoms with E-state index in [-0.39, 0.29) is 18.3 Å². The van der Waals surface area contributed by atoms with E-state index in [1.54, 1.807) is 56.0 Å². The number of nitrogens with one attached hydrogen (secondary N) is 2. The quantitative estimate of drug-likeness (QED) is 0.377. The third-order valence-corrected chi connectivity index (χ3v) is 5.02. The second-order valence-electron chi connectivity index (χ2n) is 7.07. The number of imidazole rings is 1. The zero-order valence-electron chi connectivity index (χ0n) is 17.6. The predicted molar refractivity (Wildman–Crippen MR) is 119 cm³/mol. The molecule has 8 nitrogen and oxygen atoms in total. The lowest BCUT2D eigenvalue weighted by Gasteiger charge is -2.12. The van der Waals surface area contributed by atoms with Crippen molar-refractivity contribution in [3.8, 4) is 17.0 Å². The summed E-state index contributed by atoms with van der Waals surface area (Å²) in [5, 5.41) is 15.2. The minimum Gasteiger partial charge on any atom is -0.435 e. The normalized spacial score (nSPS) is 11.1. The number of rotatable bonds is 8. The average Bonchev–Trinajstić information content (AvgIpc) is 3.24. The van der Waals surface area contributed by atoms with E-state index in [1.165, 1.54) is 12.1 Å². The number of hydrogen-bond acceptors (Lipinski definition) is 6. The molecule has 0 unspecified atom stereocenters. The molecule has 0 aliphatic heterocycles. The van der Waals surface area contributed by atoms with Crippen molar-refractivity contribution in [2.24, 2.45) is 0 Å². The van der Waals surface area contributed by atoms with Crippen molar-refractivity contribution < 1.29 is 23.4 Å². The molecule has 1 amide bonds. The maximum Gasteiger partial charge on any atom is 0.387 e.